The van der Waals surface area contributed by atoms with Gasteiger partial charge < -0.3 is 9.73 Å². The lowest BCUT2D eigenvalue weighted by atomic mass is 10.2. The first kappa shape index (κ1) is 17.7. The number of carbonyl (C=O) groups is 1. The Balaban J connectivity index is 1.43. The number of oxazole rings is 1. The van der Waals surface area contributed by atoms with E-state index in [1.54, 1.807) is 11.3 Å². The summed E-state index contributed by atoms with van der Waals surface area (Å²) in [4.78, 5) is 17.9. The number of hydrogen-bond acceptors (Lipinski definition) is 6. The number of carbonyl (C=O) groups excluding carboxylic acids is 1. The van der Waals surface area contributed by atoms with Gasteiger partial charge in [0.2, 0.25) is 11.8 Å². The fourth-order valence-corrected chi connectivity index (χ4v) is 6.26. The second-order valence-electron chi connectivity index (χ2n) is 5.92. The monoisotopic (exact) mass is 402 g/mol. The number of anilines is 1. The number of nitrogens with zero attached hydrogens (tertiary/aromatic N) is 1. The number of aromatic nitrogens is 1. The van der Waals surface area contributed by atoms with Crippen LogP contribution in [0.3, 0.4) is 0 Å². The fraction of sp³-hybridized carbons (Fsp3) is 0.263. The van der Waals surface area contributed by atoms with Gasteiger partial charge in [-0.1, -0.05) is 18.2 Å². The van der Waals surface area contributed by atoms with Crippen molar-refractivity contribution < 1.29 is 9.21 Å². The minimum absolute atomic E-state index is 0.0805. The molecule has 0 unspecified atom stereocenters. The molecule has 0 spiro atoms. The Kier molecular flexibility index (Phi) is 5.38. The van der Waals surface area contributed by atoms with Crippen molar-refractivity contribution in [3.05, 3.63) is 58.8 Å². The van der Waals surface area contributed by atoms with E-state index in [-0.39, 0.29) is 12.3 Å². The lowest BCUT2D eigenvalue weighted by Crippen LogP contribution is -2.15. The first-order valence-electron chi connectivity index (χ1n) is 8.32. The van der Waals surface area contributed by atoms with Crippen molar-refractivity contribution >= 4 is 46.5 Å². The second kappa shape index (κ2) is 7.90. The summed E-state index contributed by atoms with van der Waals surface area (Å²) >= 11 is 5.49. The molecule has 4 rings (SSSR count). The molecule has 4 nitrogen and oxygen atoms in total. The maximum absolute atomic E-state index is 12.5. The lowest BCUT2D eigenvalue weighted by molar-refractivity contribution is -0.115. The molecule has 134 valence electrons. The molecule has 1 N–H and O–H groups in total. The van der Waals surface area contributed by atoms with E-state index >= 15 is 0 Å². The van der Waals surface area contributed by atoms with Crippen molar-refractivity contribution in [2.75, 3.05) is 16.8 Å². The number of aryl methyl sites for hydroxylation is 1. The lowest BCUT2D eigenvalue weighted by Gasteiger charge is -2.11. The molecule has 1 aliphatic rings. The Morgan fingerprint density at radius 1 is 1.27 bits per heavy atom. The van der Waals surface area contributed by atoms with Crippen LogP contribution in [0, 0.1) is 6.92 Å². The SMILES string of the molecule is Cc1oc(-c2cccs2)nc1CC(=O)Nc1cccc(C2SCCS2)c1. The first-order chi connectivity index (χ1) is 12.7. The van der Waals surface area contributed by atoms with Gasteiger partial charge in [-0.15, -0.1) is 34.9 Å². The van der Waals surface area contributed by atoms with Crippen molar-refractivity contribution in [3.8, 4) is 10.8 Å². The molecule has 1 aliphatic heterocycles. The zero-order chi connectivity index (χ0) is 17.9. The summed E-state index contributed by atoms with van der Waals surface area (Å²) in [6.45, 7) is 1.85. The van der Waals surface area contributed by atoms with E-state index in [9.17, 15) is 4.79 Å². The quantitative estimate of drug-likeness (QED) is 0.622. The van der Waals surface area contributed by atoms with Crippen LogP contribution < -0.4 is 5.32 Å². The van der Waals surface area contributed by atoms with Crippen LogP contribution in [-0.4, -0.2) is 22.4 Å². The van der Waals surface area contributed by atoms with E-state index in [2.05, 4.69) is 22.4 Å². The summed E-state index contributed by atoms with van der Waals surface area (Å²) in [5.41, 5.74) is 2.78. The summed E-state index contributed by atoms with van der Waals surface area (Å²) in [5, 5.41) is 4.97. The van der Waals surface area contributed by atoms with Crippen LogP contribution in [0.25, 0.3) is 10.8 Å². The molecule has 1 amide bonds. The number of thiophene rings is 1. The normalized spacial score (nSPS) is 14.7. The molecule has 0 aliphatic carbocycles. The van der Waals surface area contributed by atoms with Crippen LogP contribution >= 0.6 is 34.9 Å². The molecule has 26 heavy (non-hydrogen) atoms. The summed E-state index contributed by atoms with van der Waals surface area (Å²) in [6, 6.07) is 12.0. The van der Waals surface area contributed by atoms with Crippen molar-refractivity contribution in [2.24, 2.45) is 0 Å². The molecule has 1 fully saturated rings. The second-order valence-corrected chi connectivity index (χ2v) is 9.60. The Hall–Kier alpha value is -1.70. The van der Waals surface area contributed by atoms with Crippen molar-refractivity contribution in [3.63, 3.8) is 0 Å². The van der Waals surface area contributed by atoms with Gasteiger partial charge in [-0.3, -0.25) is 4.79 Å². The van der Waals surface area contributed by atoms with Crippen LogP contribution in [0.15, 0.2) is 46.2 Å². The van der Waals surface area contributed by atoms with Gasteiger partial charge in [-0.2, -0.15) is 0 Å². The van der Waals surface area contributed by atoms with Crippen LogP contribution in [0.4, 0.5) is 5.69 Å². The zero-order valence-corrected chi connectivity index (χ0v) is 16.7. The molecular formula is C19H18N2O2S3. The van der Waals surface area contributed by atoms with Crippen molar-refractivity contribution in [1.82, 2.24) is 4.98 Å². The molecule has 0 radical (unpaired) electrons. The summed E-state index contributed by atoms with van der Waals surface area (Å²) in [7, 11) is 0. The van der Waals surface area contributed by atoms with Gasteiger partial charge in [0, 0.05) is 17.2 Å². The highest BCUT2D eigenvalue weighted by Gasteiger charge is 2.19. The number of benzene rings is 1. The van der Waals surface area contributed by atoms with Gasteiger partial charge in [0.1, 0.15) is 5.76 Å². The predicted octanol–water partition coefficient (Wildman–Crippen LogP) is 5.37. The predicted molar refractivity (Wildman–Crippen MR) is 111 cm³/mol. The molecule has 0 bridgehead atoms. The highest BCUT2D eigenvalue weighted by atomic mass is 32.2. The number of rotatable bonds is 5. The first-order valence-corrected chi connectivity index (χ1v) is 11.3. The van der Waals surface area contributed by atoms with Gasteiger partial charge in [0.05, 0.1) is 21.6 Å². The Morgan fingerprint density at radius 2 is 2.12 bits per heavy atom. The van der Waals surface area contributed by atoms with Gasteiger partial charge in [0.25, 0.3) is 0 Å². The third kappa shape index (κ3) is 4.00. The highest BCUT2D eigenvalue weighted by Crippen LogP contribution is 2.45. The van der Waals surface area contributed by atoms with Crippen LogP contribution in [0.5, 0.6) is 0 Å². The molecular weight excluding hydrogens is 384 g/mol. The molecule has 7 heteroatoms. The summed E-state index contributed by atoms with van der Waals surface area (Å²) in [6.07, 6.45) is 0.206. The highest BCUT2D eigenvalue weighted by molar-refractivity contribution is 8.19. The van der Waals surface area contributed by atoms with Crippen molar-refractivity contribution in [1.29, 1.82) is 0 Å². The topological polar surface area (TPSA) is 55.1 Å². The van der Waals surface area contributed by atoms with Crippen molar-refractivity contribution in [2.45, 2.75) is 17.9 Å². The number of thioether (sulfide) groups is 2. The van der Waals surface area contributed by atoms with Gasteiger partial charge in [0.15, 0.2) is 0 Å². The third-order valence-corrected chi connectivity index (χ3v) is 7.98. The number of nitrogens with one attached hydrogen (secondary N) is 1. The van der Waals surface area contributed by atoms with Crippen LogP contribution in [0.1, 0.15) is 21.6 Å². The summed E-state index contributed by atoms with van der Waals surface area (Å²) < 4.78 is 6.18. The maximum Gasteiger partial charge on any atom is 0.236 e. The fourth-order valence-electron chi connectivity index (χ4n) is 2.77. The number of amides is 1. The molecule has 0 atom stereocenters. The minimum atomic E-state index is -0.0805. The average Bonchev–Trinajstić information content (AvgIpc) is 3.37. The van der Waals surface area contributed by atoms with Crippen LogP contribution in [0.2, 0.25) is 0 Å². The van der Waals surface area contributed by atoms with E-state index < -0.39 is 0 Å². The molecule has 1 aromatic carbocycles. The molecule has 0 saturated carbocycles. The van der Waals surface area contributed by atoms with E-state index in [0.29, 0.717) is 21.9 Å². The Bertz CT molecular complexity index is 899. The average molecular weight is 403 g/mol. The molecule has 3 aromatic rings. The molecule has 1 saturated heterocycles. The van der Waals surface area contributed by atoms with Gasteiger partial charge in [-0.05, 0) is 36.1 Å². The van der Waals surface area contributed by atoms with Crippen LogP contribution in [-0.2, 0) is 11.2 Å². The van der Waals surface area contributed by atoms with E-state index in [4.69, 9.17) is 4.42 Å². The number of hydrogen-bond donors (Lipinski definition) is 1. The standard InChI is InChI=1S/C19H18N2O2S3/c1-12-15(21-18(23-12)16-6-3-7-24-16)11-17(22)20-14-5-2-4-13(10-14)19-25-8-9-26-19/h2-7,10,19H,8-9,11H2,1H3,(H,20,22). The zero-order valence-electron chi connectivity index (χ0n) is 14.2. The largest absolute Gasteiger partial charge is 0.440 e. The smallest absolute Gasteiger partial charge is 0.236 e. The Labute approximate surface area is 164 Å². The van der Waals surface area contributed by atoms with E-state index in [0.717, 1.165) is 10.6 Å². The van der Waals surface area contributed by atoms with Gasteiger partial charge >= 0.3 is 0 Å². The Morgan fingerprint density at radius 3 is 2.88 bits per heavy atom. The minimum Gasteiger partial charge on any atom is -0.440 e. The molecule has 2 aromatic heterocycles. The summed E-state index contributed by atoms with van der Waals surface area (Å²) in [5.74, 6) is 3.56. The van der Waals surface area contributed by atoms with Gasteiger partial charge in [-0.25, -0.2) is 4.98 Å². The molecule has 3 heterocycles. The third-order valence-electron chi connectivity index (χ3n) is 4.02. The van der Waals surface area contributed by atoms with E-state index in [1.807, 2.05) is 60.1 Å². The maximum atomic E-state index is 12.5. The van der Waals surface area contributed by atoms with E-state index in [1.165, 1.54) is 17.1 Å².